The normalized spacial score (nSPS) is 46.9. The Labute approximate surface area is 97.2 Å². The average molecular weight is 226 g/mol. The summed E-state index contributed by atoms with van der Waals surface area (Å²) in [6, 6.07) is 0. The minimum Gasteiger partial charge on any atom is -0.390 e. The number of hydrogen-bond donors (Lipinski definition) is 1. The molecule has 0 aromatic rings. The van der Waals surface area contributed by atoms with Crippen LogP contribution >= 0.6 is 0 Å². The van der Waals surface area contributed by atoms with Gasteiger partial charge in [0.25, 0.3) is 0 Å². The van der Waals surface area contributed by atoms with Gasteiger partial charge in [0.2, 0.25) is 0 Å². The molecule has 2 bridgehead atoms. The molecule has 2 fully saturated rings. The quantitative estimate of drug-likeness (QED) is 0.741. The van der Waals surface area contributed by atoms with E-state index in [0.717, 1.165) is 25.5 Å². The van der Waals surface area contributed by atoms with Crippen LogP contribution in [0.1, 0.15) is 33.1 Å². The van der Waals surface area contributed by atoms with Gasteiger partial charge in [-0.1, -0.05) is 0 Å². The van der Waals surface area contributed by atoms with Crippen molar-refractivity contribution in [2.24, 2.45) is 23.7 Å². The van der Waals surface area contributed by atoms with Crippen LogP contribution in [-0.4, -0.2) is 30.2 Å². The highest BCUT2D eigenvalue weighted by Crippen LogP contribution is 2.52. The number of ether oxygens (including phenoxy) is 1. The summed E-state index contributed by atoms with van der Waals surface area (Å²) in [5.74, 6) is 1.27. The Morgan fingerprint density at radius 3 is 2.75 bits per heavy atom. The first-order valence-electron chi connectivity index (χ1n) is 6.33. The minimum atomic E-state index is -0.574. The van der Waals surface area contributed by atoms with E-state index in [4.69, 9.17) is 4.74 Å². The molecule has 2 saturated carbocycles. The number of aldehydes is 1. The summed E-state index contributed by atoms with van der Waals surface area (Å²) >= 11 is 0. The second-order valence-electron chi connectivity index (χ2n) is 5.70. The molecule has 3 nitrogen and oxygen atoms in total. The zero-order chi connectivity index (χ0) is 11.8. The number of fused-ring (bicyclic) bond motifs is 2. The van der Waals surface area contributed by atoms with Crippen LogP contribution in [0.5, 0.6) is 0 Å². The van der Waals surface area contributed by atoms with Crippen molar-refractivity contribution in [2.45, 2.75) is 38.7 Å². The lowest BCUT2D eigenvalue weighted by atomic mass is 9.77. The SMILES string of the molecule is CCOCC1C2CC(CC(C)(O)C2)C1C=O. The van der Waals surface area contributed by atoms with Crippen LogP contribution in [0.3, 0.4) is 0 Å². The summed E-state index contributed by atoms with van der Waals surface area (Å²) in [7, 11) is 0. The van der Waals surface area contributed by atoms with Gasteiger partial charge in [0.15, 0.2) is 0 Å². The van der Waals surface area contributed by atoms with Gasteiger partial charge in [0.05, 0.1) is 12.2 Å². The van der Waals surface area contributed by atoms with E-state index in [1.807, 2.05) is 13.8 Å². The molecule has 0 aromatic heterocycles. The van der Waals surface area contributed by atoms with Crippen molar-refractivity contribution < 1.29 is 14.6 Å². The van der Waals surface area contributed by atoms with Gasteiger partial charge in [0.1, 0.15) is 6.29 Å². The molecule has 0 saturated heterocycles. The molecule has 0 aliphatic heterocycles. The smallest absolute Gasteiger partial charge is 0.123 e. The molecule has 3 heteroatoms. The molecule has 2 rings (SSSR count). The fourth-order valence-electron chi connectivity index (χ4n) is 3.76. The summed E-state index contributed by atoms with van der Waals surface area (Å²) in [5, 5.41) is 10.2. The topological polar surface area (TPSA) is 46.5 Å². The van der Waals surface area contributed by atoms with Crippen LogP contribution in [0.4, 0.5) is 0 Å². The van der Waals surface area contributed by atoms with Gasteiger partial charge in [-0.05, 0) is 50.9 Å². The maximum absolute atomic E-state index is 11.2. The summed E-state index contributed by atoms with van der Waals surface area (Å²) in [6.07, 6.45) is 3.79. The molecule has 0 aromatic carbocycles. The molecular weight excluding hydrogens is 204 g/mol. The summed E-state index contributed by atoms with van der Waals surface area (Å²) in [4.78, 5) is 11.2. The van der Waals surface area contributed by atoms with Crippen LogP contribution in [0.25, 0.3) is 0 Å². The highest BCUT2D eigenvalue weighted by Gasteiger charge is 2.50. The zero-order valence-electron chi connectivity index (χ0n) is 10.2. The minimum absolute atomic E-state index is 0.102. The van der Waals surface area contributed by atoms with Gasteiger partial charge in [0, 0.05) is 12.5 Å². The third-order valence-electron chi connectivity index (χ3n) is 4.33. The van der Waals surface area contributed by atoms with Gasteiger partial charge < -0.3 is 14.6 Å². The number of aliphatic hydroxyl groups is 1. The molecule has 2 aliphatic carbocycles. The van der Waals surface area contributed by atoms with E-state index in [1.54, 1.807) is 0 Å². The van der Waals surface area contributed by atoms with Crippen molar-refractivity contribution in [1.29, 1.82) is 0 Å². The van der Waals surface area contributed by atoms with Crippen molar-refractivity contribution in [3.05, 3.63) is 0 Å². The van der Waals surface area contributed by atoms with Gasteiger partial charge >= 0.3 is 0 Å². The van der Waals surface area contributed by atoms with Gasteiger partial charge in [-0.2, -0.15) is 0 Å². The number of hydrogen-bond acceptors (Lipinski definition) is 3. The zero-order valence-corrected chi connectivity index (χ0v) is 10.2. The number of rotatable bonds is 4. The van der Waals surface area contributed by atoms with Crippen LogP contribution in [0.15, 0.2) is 0 Å². The van der Waals surface area contributed by atoms with E-state index in [0.29, 0.717) is 31.0 Å². The maximum atomic E-state index is 11.2. The predicted molar refractivity (Wildman–Crippen MR) is 61.0 cm³/mol. The third kappa shape index (κ3) is 2.16. The molecule has 5 atom stereocenters. The predicted octanol–water partition coefficient (Wildman–Crippen LogP) is 1.64. The lowest BCUT2D eigenvalue weighted by molar-refractivity contribution is -0.114. The third-order valence-corrected chi connectivity index (χ3v) is 4.33. The van der Waals surface area contributed by atoms with Gasteiger partial charge in [-0.3, -0.25) is 0 Å². The number of carbonyl (C=O) groups excluding carboxylic acids is 1. The largest absolute Gasteiger partial charge is 0.390 e. The Balaban J connectivity index is 2.10. The van der Waals surface area contributed by atoms with E-state index in [-0.39, 0.29) is 5.92 Å². The Morgan fingerprint density at radius 1 is 1.44 bits per heavy atom. The van der Waals surface area contributed by atoms with Gasteiger partial charge in [-0.25, -0.2) is 0 Å². The first kappa shape index (κ1) is 12.1. The lowest BCUT2D eigenvalue weighted by Crippen LogP contribution is -2.33. The lowest BCUT2D eigenvalue weighted by Gasteiger charge is -2.33. The van der Waals surface area contributed by atoms with E-state index in [9.17, 15) is 9.90 Å². The maximum Gasteiger partial charge on any atom is 0.123 e. The molecular formula is C13H22O3. The number of carbonyl (C=O) groups is 1. The first-order chi connectivity index (χ1) is 7.57. The van der Waals surface area contributed by atoms with Crippen LogP contribution in [-0.2, 0) is 9.53 Å². The Bertz CT molecular complexity index is 262. The second kappa shape index (κ2) is 4.46. The molecule has 0 radical (unpaired) electrons. The molecule has 0 heterocycles. The van der Waals surface area contributed by atoms with E-state index < -0.39 is 5.60 Å². The van der Waals surface area contributed by atoms with Gasteiger partial charge in [-0.15, -0.1) is 0 Å². The summed E-state index contributed by atoms with van der Waals surface area (Å²) in [6.45, 7) is 5.26. The van der Waals surface area contributed by atoms with Crippen molar-refractivity contribution in [3.8, 4) is 0 Å². The molecule has 0 amide bonds. The Kier molecular flexibility index (Phi) is 3.36. The van der Waals surface area contributed by atoms with E-state index >= 15 is 0 Å². The fourth-order valence-corrected chi connectivity index (χ4v) is 3.76. The monoisotopic (exact) mass is 226 g/mol. The summed E-state index contributed by atoms with van der Waals surface area (Å²) < 4.78 is 5.49. The molecule has 92 valence electrons. The van der Waals surface area contributed by atoms with Crippen molar-refractivity contribution >= 4 is 6.29 Å². The van der Waals surface area contributed by atoms with Crippen molar-refractivity contribution in [1.82, 2.24) is 0 Å². The van der Waals surface area contributed by atoms with Crippen LogP contribution in [0, 0.1) is 23.7 Å². The van der Waals surface area contributed by atoms with Crippen molar-refractivity contribution in [2.75, 3.05) is 13.2 Å². The van der Waals surface area contributed by atoms with E-state index in [2.05, 4.69) is 0 Å². The van der Waals surface area contributed by atoms with Crippen molar-refractivity contribution in [3.63, 3.8) is 0 Å². The first-order valence-corrected chi connectivity index (χ1v) is 6.33. The second-order valence-corrected chi connectivity index (χ2v) is 5.70. The molecule has 16 heavy (non-hydrogen) atoms. The molecule has 1 N–H and O–H groups in total. The highest BCUT2D eigenvalue weighted by atomic mass is 16.5. The summed E-state index contributed by atoms with van der Waals surface area (Å²) in [5.41, 5.74) is -0.574. The standard InChI is InChI=1S/C13H22O3/c1-3-16-8-12-10-4-9(11(12)7-14)5-13(2,15)6-10/h7,9-12,15H,3-6,8H2,1-2H3. The van der Waals surface area contributed by atoms with E-state index in [1.165, 1.54) is 0 Å². The molecule has 0 spiro atoms. The molecule has 2 aliphatic rings. The average Bonchev–Trinajstić information content (AvgIpc) is 2.45. The molecule has 5 unspecified atom stereocenters. The fraction of sp³-hybridized carbons (Fsp3) is 0.923. The Morgan fingerprint density at radius 2 is 2.12 bits per heavy atom. The Hall–Kier alpha value is -0.410. The highest BCUT2D eigenvalue weighted by molar-refractivity contribution is 5.56. The van der Waals surface area contributed by atoms with Crippen LogP contribution < -0.4 is 0 Å². The van der Waals surface area contributed by atoms with Crippen LogP contribution in [0.2, 0.25) is 0 Å².